The van der Waals surface area contributed by atoms with Gasteiger partial charge in [0.25, 0.3) is 0 Å². The van der Waals surface area contributed by atoms with Gasteiger partial charge < -0.3 is 5.11 Å². The van der Waals surface area contributed by atoms with E-state index in [0.717, 1.165) is 12.8 Å². The van der Waals surface area contributed by atoms with Gasteiger partial charge in [-0.2, -0.15) is 9.57 Å². The van der Waals surface area contributed by atoms with Crippen molar-refractivity contribution >= 4 is 10.0 Å². The zero-order valence-electron chi connectivity index (χ0n) is 11.4. The summed E-state index contributed by atoms with van der Waals surface area (Å²) < 4.78 is 26.5. The molecule has 20 heavy (non-hydrogen) atoms. The van der Waals surface area contributed by atoms with Crippen molar-refractivity contribution in [2.45, 2.75) is 43.2 Å². The number of rotatable bonds is 6. The summed E-state index contributed by atoms with van der Waals surface area (Å²) in [6, 6.07) is 8.28. The first-order valence-electron chi connectivity index (χ1n) is 6.63. The maximum absolute atomic E-state index is 12.6. The number of hydrogen-bond acceptors (Lipinski definition) is 4. The van der Waals surface area contributed by atoms with Crippen LogP contribution in [0.15, 0.2) is 29.2 Å². The predicted molar refractivity (Wildman–Crippen MR) is 74.2 cm³/mol. The Kier molecular flexibility index (Phi) is 4.43. The topological polar surface area (TPSA) is 81.4 Å². The second kappa shape index (κ2) is 5.92. The average Bonchev–Trinajstić information content (AvgIpc) is 3.23. The van der Waals surface area contributed by atoms with Crippen LogP contribution in [-0.4, -0.2) is 30.4 Å². The first-order chi connectivity index (χ1) is 9.46. The highest BCUT2D eigenvalue weighted by Gasteiger charge is 2.37. The van der Waals surface area contributed by atoms with E-state index in [1.54, 1.807) is 19.1 Å². The summed E-state index contributed by atoms with van der Waals surface area (Å²) in [5, 5.41) is 18.1. The number of sulfonamides is 1. The van der Waals surface area contributed by atoms with Crippen molar-refractivity contribution in [2.24, 2.45) is 0 Å². The van der Waals surface area contributed by atoms with Crippen LogP contribution >= 0.6 is 0 Å². The molecule has 0 amide bonds. The molecule has 1 N–H and O–H groups in total. The van der Waals surface area contributed by atoms with E-state index in [9.17, 15) is 13.5 Å². The van der Waals surface area contributed by atoms with E-state index in [1.165, 1.54) is 16.4 Å². The predicted octanol–water partition coefficient (Wildman–Crippen LogP) is 1.81. The molecular formula is C14H18N2O3S. The molecule has 0 bridgehead atoms. The number of nitriles is 1. The van der Waals surface area contributed by atoms with Gasteiger partial charge in [0.2, 0.25) is 10.0 Å². The Morgan fingerprint density at radius 2 is 2.00 bits per heavy atom. The zero-order chi connectivity index (χ0) is 14.8. The van der Waals surface area contributed by atoms with Gasteiger partial charge in [-0.1, -0.05) is 12.1 Å². The summed E-state index contributed by atoms with van der Waals surface area (Å²) in [7, 11) is -3.55. The summed E-state index contributed by atoms with van der Waals surface area (Å²) >= 11 is 0. The third-order valence-electron chi connectivity index (χ3n) is 3.37. The number of aliphatic hydroxyl groups excluding tert-OH is 1. The lowest BCUT2D eigenvalue weighted by Gasteiger charge is -2.21. The Balaban J connectivity index is 2.25. The monoisotopic (exact) mass is 294 g/mol. The van der Waals surface area contributed by atoms with Crippen molar-refractivity contribution in [3.8, 4) is 6.07 Å². The minimum Gasteiger partial charge on any atom is -0.389 e. The Labute approximate surface area is 119 Å². The maximum Gasteiger partial charge on any atom is 0.243 e. The SMILES string of the molecule is CC(O)c1ccc(S(=O)(=O)N(CCC#N)C2CC2)cc1. The quantitative estimate of drug-likeness (QED) is 0.867. The summed E-state index contributed by atoms with van der Waals surface area (Å²) in [6.45, 7) is 1.87. The highest BCUT2D eigenvalue weighted by atomic mass is 32.2. The first-order valence-corrected chi connectivity index (χ1v) is 8.07. The van der Waals surface area contributed by atoms with Gasteiger partial charge in [0.1, 0.15) is 0 Å². The van der Waals surface area contributed by atoms with Gasteiger partial charge in [0.05, 0.1) is 17.1 Å². The second-order valence-corrected chi connectivity index (χ2v) is 6.89. The molecular weight excluding hydrogens is 276 g/mol. The van der Waals surface area contributed by atoms with E-state index in [2.05, 4.69) is 0 Å². The van der Waals surface area contributed by atoms with Gasteiger partial charge in [0.15, 0.2) is 0 Å². The van der Waals surface area contributed by atoms with Gasteiger partial charge in [-0.3, -0.25) is 0 Å². The molecule has 1 aliphatic rings. The van der Waals surface area contributed by atoms with Gasteiger partial charge in [-0.25, -0.2) is 8.42 Å². The van der Waals surface area contributed by atoms with Crippen LogP contribution in [0.5, 0.6) is 0 Å². The van der Waals surface area contributed by atoms with Crippen LogP contribution < -0.4 is 0 Å². The summed E-state index contributed by atoms with van der Waals surface area (Å²) in [4.78, 5) is 0.215. The molecule has 0 heterocycles. The third-order valence-corrected chi connectivity index (χ3v) is 5.33. The van der Waals surface area contributed by atoms with Crippen LogP contribution in [0.3, 0.4) is 0 Å². The van der Waals surface area contributed by atoms with Crippen LogP contribution in [0.4, 0.5) is 0 Å². The minimum absolute atomic E-state index is 0.0322. The van der Waals surface area contributed by atoms with Crippen molar-refractivity contribution in [1.82, 2.24) is 4.31 Å². The largest absolute Gasteiger partial charge is 0.389 e. The van der Waals surface area contributed by atoms with Crippen molar-refractivity contribution in [3.05, 3.63) is 29.8 Å². The molecule has 1 aliphatic carbocycles. The molecule has 5 nitrogen and oxygen atoms in total. The molecule has 108 valence electrons. The zero-order valence-corrected chi connectivity index (χ0v) is 12.2. The number of nitrogens with zero attached hydrogens (tertiary/aromatic N) is 2. The molecule has 0 spiro atoms. The molecule has 1 aromatic carbocycles. The Morgan fingerprint density at radius 1 is 1.40 bits per heavy atom. The van der Waals surface area contributed by atoms with Crippen molar-refractivity contribution in [3.63, 3.8) is 0 Å². The summed E-state index contributed by atoms with van der Waals surface area (Å²) in [5.74, 6) is 0. The smallest absolute Gasteiger partial charge is 0.243 e. The lowest BCUT2D eigenvalue weighted by atomic mass is 10.1. The van der Waals surface area contributed by atoms with E-state index >= 15 is 0 Å². The number of aliphatic hydroxyl groups is 1. The van der Waals surface area contributed by atoms with E-state index in [1.807, 2.05) is 6.07 Å². The van der Waals surface area contributed by atoms with Crippen LogP contribution in [0, 0.1) is 11.3 Å². The molecule has 1 unspecified atom stereocenters. The van der Waals surface area contributed by atoms with Gasteiger partial charge >= 0.3 is 0 Å². The molecule has 1 atom stereocenters. The lowest BCUT2D eigenvalue weighted by molar-refractivity contribution is 0.199. The fourth-order valence-electron chi connectivity index (χ4n) is 2.08. The average molecular weight is 294 g/mol. The van der Waals surface area contributed by atoms with Crippen molar-refractivity contribution in [1.29, 1.82) is 5.26 Å². The minimum atomic E-state index is -3.55. The molecule has 1 aromatic rings. The molecule has 2 rings (SSSR count). The van der Waals surface area contributed by atoms with Gasteiger partial charge in [-0.15, -0.1) is 0 Å². The van der Waals surface area contributed by atoms with E-state index < -0.39 is 16.1 Å². The van der Waals surface area contributed by atoms with Gasteiger partial charge in [-0.05, 0) is 37.5 Å². The van der Waals surface area contributed by atoms with Crippen molar-refractivity contribution < 1.29 is 13.5 Å². The van der Waals surface area contributed by atoms with Gasteiger partial charge in [0, 0.05) is 19.0 Å². The molecule has 6 heteroatoms. The Hall–Kier alpha value is -1.42. The molecule has 0 radical (unpaired) electrons. The maximum atomic E-state index is 12.6. The van der Waals surface area contributed by atoms with E-state index in [-0.39, 0.29) is 23.9 Å². The molecule has 0 saturated heterocycles. The van der Waals surface area contributed by atoms with Crippen LogP contribution in [0.25, 0.3) is 0 Å². The fraction of sp³-hybridized carbons (Fsp3) is 0.500. The second-order valence-electron chi connectivity index (χ2n) is 5.00. The van der Waals surface area contributed by atoms with Crippen molar-refractivity contribution in [2.75, 3.05) is 6.54 Å². The highest BCUT2D eigenvalue weighted by Crippen LogP contribution is 2.32. The van der Waals surface area contributed by atoms with Crippen LogP contribution in [0.1, 0.15) is 37.9 Å². The molecule has 1 fully saturated rings. The van der Waals surface area contributed by atoms with E-state index in [4.69, 9.17) is 5.26 Å². The number of benzene rings is 1. The fourth-order valence-corrected chi connectivity index (χ4v) is 3.76. The summed E-state index contributed by atoms with van der Waals surface area (Å²) in [5.41, 5.74) is 0.680. The summed E-state index contributed by atoms with van der Waals surface area (Å²) in [6.07, 6.45) is 1.29. The first kappa shape index (κ1) is 15.0. The number of hydrogen-bond donors (Lipinski definition) is 1. The van der Waals surface area contributed by atoms with Crippen LogP contribution in [-0.2, 0) is 10.0 Å². The molecule has 1 saturated carbocycles. The standard InChI is InChI=1S/C14H18N2O3S/c1-11(17)12-3-7-14(8-4-12)20(18,19)16(10-2-9-15)13-5-6-13/h3-4,7-8,11,13,17H,2,5-6,10H2,1H3. The molecule has 0 aliphatic heterocycles. The Bertz CT molecular complexity index is 598. The highest BCUT2D eigenvalue weighted by molar-refractivity contribution is 7.89. The normalized spacial score (nSPS) is 16.9. The lowest BCUT2D eigenvalue weighted by Crippen LogP contribution is -2.34. The Morgan fingerprint density at radius 3 is 2.45 bits per heavy atom. The van der Waals surface area contributed by atoms with E-state index in [0.29, 0.717) is 5.56 Å². The molecule has 0 aromatic heterocycles. The third kappa shape index (κ3) is 3.18. The van der Waals surface area contributed by atoms with Crippen LogP contribution in [0.2, 0.25) is 0 Å².